The summed E-state index contributed by atoms with van der Waals surface area (Å²) < 4.78 is 27.7. The average Bonchev–Trinajstić information content (AvgIpc) is 2.81. The highest BCUT2D eigenvalue weighted by molar-refractivity contribution is 7.99. The minimum atomic E-state index is -4.35. The number of nitrogens with one attached hydrogen (secondary N) is 1. The van der Waals surface area contributed by atoms with Gasteiger partial charge in [-0.05, 0) is 31.0 Å². The van der Waals surface area contributed by atoms with Crippen LogP contribution in [0, 0.1) is 10.1 Å². The van der Waals surface area contributed by atoms with Gasteiger partial charge in [-0.2, -0.15) is 11.8 Å². The molecule has 0 unspecified atom stereocenters. The maximum absolute atomic E-state index is 13.4. The second-order valence-corrected chi connectivity index (χ2v) is 10.8. The van der Waals surface area contributed by atoms with Crippen molar-refractivity contribution in [3.63, 3.8) is 0 Å². The zero-order valence-corrected chi connectivity index (χ0v) is 19.3. The van der Waals surface area contributed by atoms with Crippen LogP contribution in [0.5, 0.6) is 0 Å². The SMILES string of the molecule is O=C(CN(c1ccccc1)S(=O)(=O)c1ccccc1[N+](=O)[O-])NCCSC1CCCCC1. The first-order chi connectivity index (χ1) is 15.4. The van der Waals surface area contributed by atoms with Gasteiger partial charge in [-0.15, -0.1) is 0 Å². The quantitative estimate of drug-likeness (QED) is 0.315. The summed E-state index contributed by atoms with van der Waals surface area (Å²) in [4.78, 5) is 22.8. The Morgan fingerprint density at radius 1 is 1.06 bits per heavy atom. The molecule has 0 aliphatic heterocycles. The molecule has 0 atom stereocenters. The predicted molar refractivity (Wildman–Crippen MR) is 126 cm³/mol. The van der Waals surface area contributed by atoms with Gasteiger partial charge in [0.25, 0.3) is 15.7 Å². The van der Waals surface area contributed by atoms with Gasteiger partial charge in [0.2, 0.25) is 5.91 Å². The van der Waals surface area contributed by atoms with E-state index in [0.29, 0.717) is 11.8 Å². The highest BCUT2D eigenvalue weighted by Gasteiger charge is 2.33. The summed E-state index contributed by atoms with van der Waals surface area (Å²) in [5, 5.41) is 14.8. The van der Waals surface area contributed by atoms with Crippen LogP contribution < -0.4 is 9.62 Å². The first-order valence-electron chi connectivity index (χ1n) is 10.6. The Labute approximate surface area is 192 Å². The van der Waals surface area contributed by atoms with Gasteiger partial charge < -0.3 is 5.32 Å². The molecule has 1 amide bonds. The summed E-state index contributed by atoms with van der Waals surface area (Å²) in [7, 11) is -4.35. The molecule has 0 spiro atoms. The number of hydrogen-bond acceptors (Lipinski definition) is 6. The van der Waals surface area contributed by atoms with Crippen LogP contribution in [0.2, 0.25) is 0 Å². The Morgan fingerprint density at radius 3 is 2.41 bits per heavy atom. The van der Waals surface area contributed by atoms with E-state index in [1.54, 1.807) is 30.3 Å². The fourth-order valence-corrected chi connectivity index (χ4v) is 6.49. The van der Waals surface area contributed by atoms with E-state index in [0.717, 1.165) is 16.1 Å². The van der Waals surface area contributed by atoms with Crippen LogP contribution in [-0.2, 0) is 14.8 Å². The van der Waals surface area contributed by atoms with Crippen molar-refractivity contribution in [2.24, 2.45) is 0 Å². The summed E-state index contributed by atoms with van der Waals surface area (Å²) in [6.07, 6.45) is 6.19. The van der Waals surface area contributed by atoms with Gasteiger partial charge in [0.1, 0.15) is 6.54 Å². The van der Waals surface area contributed by atoms with Crippen molar-refractivity contribution in [1.29, 1.82) is 0 Å². The number of carbonyl (C=O) groups is 1. The lowest BCUT2D eigenvalue weighted by molar-refractivity contribution is -0.387. The molecule has 172 valence electrons. The zero-order chi connectivity index (χ0) is 23.0. The Balaban J connectivity index is 1.72. The van der Waals surface area contributed by atoms with Crippen molar-refractivity contribution >= 4 is 39.1 Å². The minimum Gasteiger partial charge on any atom is -0.354 e. The van der Waals surface area contributed by atoms with Crippen LogP contribution in [0.25, 0.3) is 0 Å². The van der Waals surface area contributed by atoms with E-state index < -0.39 is 38.0 Å². The van der Waals surface area contributed by atoms with Crippen LogP contribution in [-0.4, -0.2) is 43.3 Å². The molecule has 32 heavy (non-hydrogen) atoms. The van der Waals surface area contributed by atoms with Gasteiger partial charge in [-0.3, -0.25) is 19.2 Å². The molecule has 1 fully saturated rings. The molecule has 1 N–H and O–H groups in total. The van der Waals surface area contributed by atoms with E-state index >= 15 is 0 Å². The van der Waals surface area contributed by atoms with Crippen LogP contribution in [0.4, 0.5) is 11.4 Å². The number of para-hydroxylation sites is 2. The Hall–Kier alpha value is -2.59. The van der Waals surface area contributed by atoms with Gasteiger partial charge in [0, 0.05) is 23.6 Å². The van der Waals surface area contributed by atoms with Crippen molar-refractivity contribution in [3.8, 4) is 0 Å². The van der Waals surface area contributed by atoms with E-state index in [2.05, 4.69) is 5.32 Å². The topological polar surface area (TPSA) is 110 Å². The van der Waals surface area contributed by atoms with Crippen molar-refractivity contribution in [3.05, 3.63) is 64.7 Å². The highest BCUT2D eigenvalue weighted by Crippen LogP contribution is 2.30. The second kappa shape index (κ2) is 11.3. The molecule has 1 saturated carbocycles. The minimum absolute atomic E-state index is 0.261. The first-order valence-corrected chi connectivity index (χ1v) is 13.1. The Bertz CT molecular complexity index is 1020. The summed E-state index contributed by atoms with van der Waals surface area (Å²) in [6.45, 7) is -0.0271. The Morgan fingerprint density at radius 2 is 1.72 bits per heavy atom. The summed E-state index contributed by atoms with van der Waals surface area (Å²) in [5.74, 6) is 0.304. The fourth-order valence-electron chi connectivity index (χ4n) is 3.69. The van der Waals surface area contributed by atoms with Crippen molar-refractivity contribution in [2.75, 3.05) is 23.1 Å². The first kappa shape index (κ1) is 24.1. The third-order valence-corrected chi connectivity index (χ3v) is 8.50. The van der Waals surface area contributed by atoms with Gasteiger partial charge in [0.05, 0.1) is 10.6 Å². The molecule has 0 bridgehead atoms. The molecule has 0 radical (unpaired) electrons. The third kappa shape index (κ3) is 6.23. The lowest BCUT2D eigenvalue weighted by Gasteiger charge is -2.24. The molecular formula is C22H27N3O5S2. The van der Waals surface area contributed by atoms with Crippen LogP contribution >= 0.6 is 11.8 Å². The molecule has 0 saturated heterocycles. The predicted octanol–water partition coefficient (Wildman–Crippen LogP) is 3.97. The molecule has 2 aromatic carbocycles. The molecule has 1 aliphatic rings. The zero-order valence-electron chi connectivity index (χ0n) is 17.7. The molecule has 0 heterocycles. The van der Waals surface area contributed by atoms with Crippen molar-refractivity contribution in [2.45, 2.75) is 42.2 Å². The smallest absolute Gasteiger partial charge is 0.289 e. The molecule has 8 nitrogen and oxygen atoms in total. The summed E-state index contributed by atoms with van der Waals surface area (Å²) >= 11 is 1.84. The number of nitro groups is 1. The summed E-state index contributed by atoms with van der Waals surface area (Å²) in [6, 6.07) is 13.3. The van der Waals surface area contributed by atoms with Crippen LogP contribution in [0.3, 0.4) is 0 Å². The normalized spacial score (nSPS) is 14.6. The fraction of sp³-hybridized carbons (Fsp3) is 0.409. The number of benzene rings is 2. The number of rotatable bonds is 10. The average molecular weight is 478 g/mol. The second-order valence-electron chi connectivity index (χ2n) is 7.55. The van der Waals surface area contributed by atoms with Crippen LogP contribution in [0.15, 0.2) is 59.5 Å². The number of amides is 1. The molecule has 1 aliphatic carbocycles. The Kier molecular flexibility index (Phi) is 8.52. The number of anilines is 1. The molecule has 0 aromatic heterocycles. The maximum Gasteiger partial charge on any atom is 0.289 e. The summed E-state index contributed by atoms with van der Waals surface area (Å²) in [5.41, 5.74) is -0.268. The monoisotopic (exact) mass is 477 g/mol. The van der Waals surface area contributed by atoms with Crippen molar-refractivity contribution < 1.29 is 18.1 Å². The lowest BCUT2D eigenvalue weighted by Crippen LogP contribution is -2.41. The van der Waals surface area contributed by atoms with Gasteiger partial charge in [-0.25, -0.2) is 8.42 Å². The van der Waals surface area contributed by atoms with E-state index in [1.807, 2.05) is 11.8 Å². The van der Waals surface area contributed by atoms with E-state index in [1.165, 1.54) is 50.3 Å². The number of sulfonamides is 1. The number of carbonyl (C=O) groups excluding carboxylic acids is 1. The van der Waals surface area contributed by atoms with E-state index in [4.69, 9.17) is 0 Å². The van der Waals surface area contributed by atoms with Crippen LogP contribution in [0.1, 0.15) is 32.1 Å². The van der Waals surface area contributed by atoms with Gasteiger partial charge in [-0.1, -0.05) is 49.6 Å². The number of hydrogen-bond donors (Lipinski definition) is 1. The number of nitrogens with zero attached hydrogens (tertiary/aromatic N) is 2. The highest BCUT2D eigenvalue weighted by atomic mass is 32.2. The number of nitro benzene ring substituents is 1. The molecular weight excluding hydrogens is 450 g/mol. The van der Waals surface area contributed by atoms with E-state index in [-0.39, 0.29) is 5.69 Å². The number of thioether (sulfide) groups is 1. The standard InChI is InChI=1S/C22H27N3O5S2/c26-22(23-15-16-31-19-11-5-2-6-12-19)17-24(18-9-3-1-4-10-18)32(29,30)21-14-8-7-13-20(21)25(27)28/h1,3-4,7-10,13-14,19H,2,5-6,11-12,15-17H2,(H,23,26). The third-order valence-electron chi connectivity index (χ3n) is 5.29. The van der Waals surface area contributed by atoms with Crippen molar-refractivity contribution in [1.82, 2.24) is 5.32 Å². The lowest BCUT2D eigenvalue weighted by atomic mass is 10.0. The largest absolute Gasteiger partial charge is 0.354 e. The van der Waals surface area contributed by atoms with E-state index in [9.17, 15) is 23.3 Å². The maximum atomic E-state index is 13.4. The molecule has 3 rings (SSSR count). The molecule has 10 heteroatoms. The van der Waals surface area contributed by atoms with Gasteiger partial charge >= 0.3 is 0 Å². The van der Waals surface area contributed by atoms with Gasteiger partial charge in [0.15, 0.2) is 4.90 Å². The molecule has 2 aromatic rings.